The maximum atomic E-state index is 12.7. The fourth-order valence-electron chi connectivity index (χ4n) is 3.55. The van der Waals surface area contributed by atoms with Crippen molar-refractivity contribution in [3.05, 3.63) is 92.5 Å². The molecule has 32 heavy (non-hydrogen) atoms. The number of halogens is 1. The van der Waals surface area contributed by atoms with Gasteiger partial charge in [0, 0.05) is 26.9 Å². The number of hydrogen-bond donors (Lipinski definition) is 2. The van der Waals surface area contributed by atoms with E-state index in [1.165, 1.54) is 17.6 Å². The second-order valence-corrected chi connectivity index (χ2v) is 9.22. The van der Waals surface area contributed by atoms with E-state index in [9.17, 15) is 4.79 Å². The standard InChI is InChI=1S/C24H23ClN4O2S/c1-13-12-14(2)27-24(26-13)28-21(17-7-9-18(25)10-8-17)20-15(3)16(4)32-23(20)29-22(30)19-6-5-11-31-19/h5-12,21H,1-4H3,(H,29,30)(H,26,27,28)/t21-/m1/s1. The number of carbonyl (C=O) groups is 1. The molecule has 1 atom stereocenters. The van der Waals surface area contributed by atoms with Gasteiger partial charge in [0.1, 0.15) is 5.00 Å². The number of anilines is 2. The van der Waals surface area contributed by atoms with Crippen LogP contribution in [0.25, 0.3) is 0 Å². The monoisotopic (exact) mass is 466 g/mol. The molecule has 0 fully saturated rings. The number of rotatable bonds is 6. The summed E-state index contributed by atoms with van der Waals surface area (Å²) in [5, 5.41) is 7.91. The number of aryl methyl sites for hydroxylation is 3. The SMILES string of the molecule is Cc1cc(C)nc(N[C@H](c2ccc(Cl)cc2)c2c(NC(=O)c3ccco3)sc(C)c2C)n1. The largest absolute Gasteiger partial charge is 0.459 e. The van der Waals surface area contributed by atoms with Crippen LogP contribution in [0.4, 0.5) is 10.9 Å². The Hall–Kier alpha value is -3.16. The van der Waals surface area contributed by atoms with Crippen LogP contribution in [0.3, 0.4) is 0 Å². The lowest BCUT2D eigenvalue weighted by Crippen LogP contribution is -2.18. The molecule has 0 radical (unpaired) electrons. The van der Waals surface area contributed by atoms with Crippen LogP contribution < -0.4 is 10.6 Å². The van der Waals surface area contributed by atoms with Crippen LogP contribution in [0, 0.1) is 27.7 Å². The van der Waals surface area contributed by atoms with Gasteiger partial charge in [-0.15, -0.1) is 11.3 Å². The predicted octanol–water partition coefficient (Wildman–Crippen LogP) is 6.47. The van der Waals surface area contributed by atoms with E-state index in [0.29, 0.717) is 11.0 Å². The minimum atomic E-state index is -0.301. The third kappa shape index (κ3) is 4.69. The van der Waals surface area contributed by atoms with E-state index in [0.717, 1.165) is 38.0 Å². The Labute approximate surface area is 195 Å². The lowest BCUT2D eigenvalue weighted by molar-refractivity contribution is 0.0997. The van der Waals surface area contributed by atoms with E-state index in [2.05, 4.69) is 27.5 Å². The molecule has 0 bridgehead atoms. The van der Waals surface area contributed by atoms with Crippen molar-refractivity contribution in [3.8, 4) is 0 Å². The van der Waals surface area contributed by atoms with Crippen molar-refractivity contribution >= 4 is 39.8 Å². The molecule has 6 nitrogen and oxygen atoms in total. The molecule has 0 aliphatic carbocycles. The Bertz CT molecular complexity index is 1230. The first-order valence-electron chi connectivity index (χ1n) is 10.1. The summed E-state index contributed by atoms with van der Waals surface area (Å²) >= 11 is 7.68. The number of carbonyl (C=O) groups excluding carboxylic acids is 1. The second kappa shape index (κ2) is 9.14. The van der Waals surface area contributed by atoms with Gasteiger partial charge in [-0.25, -0.2) is 9.97 Å². The van der Waals surface area contributed by atoms with Crippen LogP contribution in [0.15, 0.2) is 53.1 Å². The molecule has 2 N–H and O–H groups in total. The summed E-state index contributed by atoms with van der Waals surface area (Å²) in [4.78, 5) is 23.0. The Kier molecular flexibility index (Phi) is 6.30. The number of nitrogens with zero attached hydrogens (tertiary/aromatic N) is 2. The zero-order valence-corrected chi connectivity index (χ0v) is 19.8. The van der Waals surface area contributed by atoms with Gasteiger partial charge in [-0.05, 0) is 69.2 Å². The molecule has 1 aromatic carbocycles. The average Bonchev–Trinajstić information content (AvgIpc) is 3.36. The summed E-state index contributed by atoms with van der Waals surface area (Å²) in [7, 11) is 0. The van der Waals surface area contributed by atoms with Crippen molar-refractivity contribution in [1.29, 1.82) is 0 Å². The van der Waals surface area contributed by atoms with E-state index >= 15 is 0 Å². The molecule has 0 saturated heterocycles. The van der Waals surface area contributed by atoms with Crippen LogP contribution in [0.2, 0.25) is 5.02 Å². The van der Waals surface area contributed by atoms with Crippen LogP contribution >= 0.6 is 22.9 Å². The third-order valence-electron chi connectivity index (χ3n) is 5.15. The van der Waals surface area contributed by atoms with Gasteiger partial charge >= 0.3 is 0 Å². The number of amides is 1. The number of nitrogens with one attached hydrogen (secondary N) is 2. The van der Waals surface area contributed by atoms with Gasteiger partial charge in [0.2, 0.25) is 5.95 Å². The van der Waals surface area contributed by atoms with Gasteiger partial charge in [0.05, 0.1) is 12.3 Å². The highest BCUT2D eigenvalue weighted by Crippen LogP contribution is 2.41. The average molecular weight is 467 g/mol. The van der Waals surface area contributed by atoms with E-state index in [4.69, 9.17) is 16.0 Å². The molecule has 3 aromatic heterocycles. The van der Waals surface area contributed by atoms with E-state index in [-0.39, 0.29) is 17.7 Å². The molecule has 1 amide bonds. The molecule has 8 heteroatoms. The number of hydrogen-bond acceptors (Lipinski definition) is 6. The maximum absolute atomic E-state index is 12.7. The van der Waals surface area contributed by atoms with Gasteiger partial charge in [-0.3, -0.25) is 4.79 Å². The van der Waals surface area contributed by atoms with Crippen LogP contribution in [-0.4, -0.2) is 15.9 Å². The van der Waals surface area contributed by atoms with Crippen molar-refractivity contribution < 1.29 is 9.21 Å². The summed E-state index contributed by atoms with van der Waals surface area (Å²) < 4.78 is 5.27. The van der Waals surface area contributed by atoms with Crippen molar-refractivity contribution in [1.82, 2.24) is 9.97 Å². The minimum Gasteiger partial charge on any atom is -0.459 e. The van der Waals surface area contributed by atoms with Gasteiger partial charge in [-0.1, -0.05) is 23.7 Å². The molecule has 0 aliphatic rings. The summed E-state index contributed by atoms with van der Waals surface area (Å²) in [5.74, 6) is 0.484. The van der Waals surface area contributed by atoms with E-state index in [1.54, 1.807) is 12.1 Å². The van der Waals surface area contributed by atoms with Gasteiger partial charge in [0.25, 0.3) is 5.91 Å². The fourth-order valence-corrected chi connectivity index (χ4v) is 4.77. The zero-order chi connectivity index (χ0) is 22.8. The third-order valence-corrected chi connectivity index (χ3v) is 6.54. The number of aromatic nitrogens is 2. The second-order valence-electron chi connectivity index (χ2n) is 7.56. The van der Waals surface area contributed by atoms with E-state index in [1.807, 2.05) is 51.1 Å². The van der Waals surface area contributed by atoms with Crippen LogP contribution in [-0.2, 0) is 0 Å². The van der Waals surface area contributed by atoms with Crippen LogP contribution in [0.1, 0.15) is 49.6 Å². The quantitative estimate of drug-likeness (QED) is 0.340. The molecule has 0 unspecified atom stereocenters. The Morgan fingerprint density at radius 2 is 1.75 bits per heavy atom. The summed E-state index contributed by atoms with van der Waals surface area (Å²) in [6.45, 7) is 7.97. The summed E-state index contributed by atoms with van der Waals surface area (Å²) in [5.41, 5.74) is 4.77. The highest BCUT2D eigenvalue weighted by Gasteiger charge is 2.26. The zero-order valence-electron chi connectivity index (χ0n) is 18.2. The highest BCUT2D eigenvalue weighted by atomic mass is 35.5. The van der Waals surface area contributed by atoms with Crippen molar-refractivity contribution in [2.45, 2.75) is 33.7 Å². The topological polar surface area (TPSA) is 80.0 Å². The number of thiophene rings is 1. The Morgan fingerprint density at radius 1 is 1.06 bits per heavy atom. The lowest BCUT2D eigenvalue weighted by atomic mass is 9.96. The minimum absolute atomic E-state index is 0.258. The van der Waals surface area contributed by atoms with E-state index < -0.39 is 0 Å². The molecule has 164 valence electrons. The van der Waals surface area contributed by atoms with Crippen molar-refractivity contribution in [2.24, 2.45) is 0 Å². The van der Waals surface area contributed by atoms with Gasteiger partial charge in [-0.2, -0.15) is 0 Å². The number of benzene rings is 1. The first-order chi connectivity index (χ1) is 15.3. The lowest BCUT2D eigenvalue weighted by Gasteiger charge is -2.22. The van der Waals surface area contributed by atoms with Gasteiger partial charge in [0.15, 0.2) is 5.76 Å². The Balaban J connectivity index is 1.80. The highest BCUT2D eigenvalue weighted by molar-refractivity contribution is 7.16. The predicted molar refractivity (Wildman–Crippen MR) is 129 cm³/mol. The number of furan rings is 1. The summed E-state index contributed by atoms with van der Waals surface area (Å²) in [6.07, 6.45) is 1.48. The van der Waals surface area contributed by atoms with Crippen molar-refractivity contribution in [2.75, 3.05) is 10.6 Å². The molecule has 4 rings (SSSR count). The first kappa shape index (κ1) is 22.0. The normalized spacial score (nSPS) is 11.9. The van der Waals surface area contributed by atoms with Crippen LogP contribution in [0.5, 0.6) is 0 Å². The molecule has 3 heterocycles. The maximum Gasteiger partial charge on any atom is 0.291 e. The molecule has 4 aromatic rings. The molecule has 0 saturated carbocycles. The molecule has 0 aliphatic heterocycles. The molecular weight excluding hydrogens is 444 g/mol. The molecular formula is C24H23ClN4O2S. The smallest absolute Gasteiger partial charge is 0.291 e. The first-order valence-corrected chi connectivity index (χ1v) is 11.3. The Morgan fingerprint density at radius 3 is 2.38 bits per heavy atom. The van der Waals surface area contributed by atoms with Crippen molar-refractivity contribution in [3.63, 3.8) is 0 Å². The molecule has 0 spiro atoms. The van der Waals surface area contributed by atoms with Gasteiger partial charge < -0.3 is 15.1 Å². The fraction of sp³-hybridized carbons (Fsp3) is 0.208. The summed E-state index contributed by atoms with van der Waals surface area (Å²) in [6, 6.07) is 12.6.